The van der Waals surface area contributed by atoms with Gasteiger partial charge in [-0.05, 0) is 37.0 Å². The lowest BCUT2D eigenvalue weighted by atomic mass is 10.0. The first-order valence-electron chi connectivity index (χ1n) is 8.28. The molecule has 1 N–H and O–H groups in total. The van der Waals surface area contributed by atoms with Crippen molar-refractivity contribution in [3.05, 3.63) is 28.2 Å². The van der Waals surface area contributed by atoms with Crippen LogP contribution in [-0.2, 0) is 18.3 Å². The molecule has 122 valence electrons. The average molecular weight is 314 g/mol. The predicted octanol–water partition coefficient (Wildman–Crippen LogP) is 1.17. The first-order chi connectivity index (χ1) is 11.1. The molecule has 0 spiro atoms. The summed E-state index contributed by atoms with van der Waals surface area (Å²) in [7, 11) is 3.94. The van der Waals surface area contributed by atoms with Gasteiger partial charge in [-0.25, -0.2) is 4.79 Å². The first-order valence-corrected chi connectivity index (χ1v) is 8.28. The number of carbonyl (C=O) groups is 1. The van der Waals surface area contributed by atoms with Gasteiger partial charge in [0, 0.05) is 39.3 Å². The maximum Gasteiger partial charge on any atom is 0.329 e. The number of piperidine rings is 1. The van der Waals surface area contributed by atoms with Crippen molar-refractivity contribution in [2.75, 3.05) is 25.0 Å². The minimum absolute atomic E-state index is 0.00569. The van der Waals surface area contributed by atoms with E-state index in [1.54, 1.807) is 4.57 Å². The van der Waals surface area contributed by atoms with E-state index in [0.29, 0.717) is 13.0 Å². The normalized spacial score (nSPS) is 21.4. The maximum absolute atomic E-state index is 12.8. The highest BCUT2D eigenvalue weighted by atomic mass is 16.2. The number of rotatable bonds is 1. The molecule has 0 bridgehead atoms. The number of imidazole rings is 1. The van der Waals surface area contributed by atoms with E-state index in [1.807, 2.05) is 11.6 Å². The Labute approximate surface area is 134 Å². The molecule has 1 atom stereocenters. The van der Waals surface area contributed by atoms with Crippen molar-refractivity contribution in [2.45, 2.75) is 31.7 Å². The van der Waals surface area contributed by atoms with Crippen molar-refractivity contribution in [1.29, 1.82) is 0 Å². The number of amides is 1. The number of carbonyl (C=O) groups excluding carboxylic acids is 1. The minimum Gasteiger partial charge on any atom is -0.374 e. The second-order valence-corrected chi connectivity index (χ2v) is 6.70. The number of fused-ring (bicyclic) bond motifs is 2. The molecule has 6 heteroatoms. The van der Waals surface area contributed by atoms with Crippen LogP contribution in [0.3, 0.4) is 0 Å². The van der Waals surface area contributed by atoms with Crippen molar-refractivity contribution < 1.29 is 4.79 Å². The molecule has 23 heavy (non-hydrogen) atoms. The topological polar surface area (TPSA) is 59.3 Å². The lowest BCUT2D eigenvalue weighted by Crippen LogP contribution is -2.39. The van der Waals surface area contributed by atoms with Crippen LogP contribution in [0.4, 0.5) is 5.69 Å². The fourth-order valence-corrected chi connectivity index (χ4v) is 3.91. The monoisotopic (exact) mass is 314 g/mol. The zero-order chi connectivity index (χ0) is 16.1. The molecule has 6 nitrogen and oxygen atoms in total. The standard InChI is InChI=1S/C17H22N4O2/c1-19-7-3-4-11-8-15-14(9-13(11)19)20(2)17(23)21(15)12-5-6-16(22)18-10-12/h8-9,12H,3-7,10H2,1-2H3,(H,18,22). The molecule has 4 rings (SSSR count). The largest absolute Gasteiger partial charge is 0.374 e. The van der Waals surface area contributed by atoms with Crippen LogP contribution in [0.15, 0.2) is 16.9 Å². The zero-order valence-corrected chi connectivity index (χ0v) is 13.6. The Hall–Kier alpha value is -2.24. The highest BCUT2D eigenvalue weighted by molar-refractivity contribution is 5.83. The summed E-state index contributed by atoms with van der Waals surface area (Å²) >= 11 is 0. The number of hydrogen-bond acceptors (Lipinski definition) is 3. The molecule has 1 aromatic carbocycles. The summed E-state index contributed by atoms with van der Waals surface area (Å²) in [5.41, 5.74) is 4.51. The number of nitrogens with zero attached hydrogens (tertiary/aromatic N) is 3. The summed E-state index contributed by atoms with van der Waals surface area (Å²) in [6.45, 7) is 1.59. The van der Waals surface area contributed by atoms with Crippen molar-refractivity contribution in [3.8, 4) is 0 Å². The van der Waals surface area contributed by atoms with Gasteiger partial charge >= 0.3 is 5.69 Å². The molecule has 1 saturated heterocycles. The van der Waals surface area contributed by atoms with E-state index in [-0.39, 0.29) is 17.6 Å². The van der Waals surface area contributed by atoms with Gasteiger partial charge in [-0.15, -0.1) is 0 Å². The Morgan fingerprint density at radius 1 is 1.13 bits per heavy atom. The first kappa shape index (κ1) is 14.4. The van der Waals surface area contributed by atoms with Crippen molar-refractivity contribution in [1.82, 2.24) is 14.5 Å². The van der Waals surface area contributed by atoms with E-state index in [2.05, 4.69) is 29.4 Å². The summed E-state index contributed by atoms with van der Waals surface area (Å²) in [5, 5.41) is 2.88. The van der Waals surface area contributed by atoms with Crippen molar-refractivity contribution >= 4 is 22.6 Å². The molecule has 2 aliphatic heterocycles. The van der Waals surface area contributed by atoms with E-state index in [4.69, 9.17) is 0 Å². The molecule has 0 aliphatic carbocycles. The number of benzene rings is 1. The molecular formula is C17H22N4O2. The summed E-state index contributed by atoms with van der Waals surface area (Å²) < 4.78 is 3.61. The van der Waals surface area contributed by atoms with Crippen LogP contribution in [0.1, 0.15) is 30.9 Å². The van der Waals surface area contributed by atoms with E-state index in [9.17, 15) is 9.59 Å². The lowest BCUT2D eigenvalue weighted by Gasteiger charge is -2.28. The molecule has 1 unspecified atom stereocenters. The van der Waals surface area contributed by atoms with E-state index < -0.39 is 0 Å². The number of aryl methyl sites for hydroxylation is 2. The molecule has 0 saturated carbocycles. The van der Waals surface area contributed by atoms with Crippen LogP contribution < -0.4 is 15.9 Å². The minimum atomic E-state index is 0.00569. The summed E-state index contributed by atoms with van der Waals surface area (Å²) in [4.78, 5) is 26.4. The molecule has 2 aromatic rings. The van der Waals surface area contributed by atoms with Gasteiger partial charge in [-0.1, -0.05) is 0 Å². The van der Waals surface area contributed by atoms with E-state index in [1.165, 1.54) is 11.3 Å². The van der Waals surface area contributed by atoms with Gasteiger partial charge in [0.25, 0.3) is 0 Å². The molecule has 0 radical (unpaired) electrons. The third kappa shape index (κ3) is 2.16. The van der Waals surface area contributed by atoms with Crippen LogP contribution in [0.2, 0.25) is 0 Å². The highest BCUT2D eigenvalue weighted by Crippen LogP contribution is 2.32. The van der Waals surface area contributed by atoms with Crippen LogP contribution in [0, 0.1) is 0 Å². The summed E-state index contributed by atoms with van der Waals surface area (Å²) in [6, 6.07) is 4.37. The Bertz CT molecular complexity index is 838. The number of hydrogen-bond donors (Lipinski definition) is 1. The van der Waals surface area contributed by atoms with Gasteiger partial charge in [0.2, 0.25) is 5.91 Å². The molecule has 1 amide bonds. The Balaban J connectivity index is 1.89. The molecule has 2 aliphatic rings. The quantitative estimate of drug-likeness (QED) is 0.860. The van der Waals surface area contributed by atoms with Gasteiger partial charge in [-0.2, -0.15) is 0 Å². The van der Waals surface area contributed by atoms with E-state index in [0.717, 1.165) is 36.8 Å². The summed E-state index contributed by atoms with van der Waals surface area (Å²) in [6.07, 6.45) is 3.41. The molecule has 1 aromatic heterocycles. The van der Waals surface area contributed by atoms with Gasteiger partial charge in [-0.3, -0.25) is 13.9 Å². The van der Waals surface area contributed by atoms with Crippen LogP contribution in [-0.4, -0.2) is 35.2 Å². The predicted molar refractivity (Wildman–Crippen MR) is 90.1 cm³/mol. The SMILES string of the molecule is CN1CCCc2cc3c(cc21)n(C)c(=O)n3C1CCC(=O)NC1. The fraction of sp³-hybridized carbons (Fsp3) is 0.529. The van der Waals surface area contributed by atoms with Gasteiger partial charge in [0.1, 0.15) is 0 Å². The van der Waals surface area contributed by atoms with Crippen molar-refractivity contribution in [2.24, 2.45) is 7.05 Å². The Kier molecular flexibility index (Phi) is 3.21. The number of anilines is 1. The van der Waals surface area contributed by atoms with Crippen LogP contribution in [0.5, 0.6) is 0 Å². The number of nitrogens with one attached hydrogen (secondary N) is 1. The molecular weight excluding hydrogens is 292 g/mol. The smallest absolute Gasteiger partial charge is 0.329 e. The number of aromatic nitrogens is 2. The average Bonchev–Trinajstić information content (AvgIpc) is 2.79. The fourth-order valence-electron chi connectivity index (χ4n) is 3.91. The zero-order valence-electron chi connectivity index (χ0n) is 13.6. The van der Waals surface area contributed by atoms with Crippen LogP contribution >= 0.6 is 0 Å². The highest BCUT2D eigenvalue weighted by Gasteiger charge is 2.25. The second-order valence-electron chi connectivity index (χ2n) is 6.70. The lowest BCUT2D eigenvalue weighted by molar-refractivity contribution is -0.122. The van der Waals surface area contributed by atoms with Gasteiger partial charge < -0.3 is 10.2 Å². The summed E-state index contributed by atoms with van der Waals surface area (Å²) in [5.74, 6) is 0.0774. The molecule has 3 heterocycles. The van der Waals surface area contributed by atoms with Crippen molar-refractivity contribution in [3.63, 3.8) is 0 Å². The third-order valence-electron chi connectivity index (χ3n) is 5.25. The maximum atomic E-state index is 12.8. The van der Waals surface area contributed by atoms with Crippen LogP contribution in [0.25, 0.3) is 11.0 Å². The molecule has 1 fully saturated rings. The second kappa shape index (κ2) is 5.15. The van der Waals surface area contributed by atoms with E-state index >= 15 is 0 Å². The van der Waals surface area contributed by atoms with Gasteiger partial charge in [0.05, 0.1) is 17.1 Å². The Morgan fingerprint density at radius 3 is 2.70 bits per heavy atom. The third-order valence-corrected chi connectivity index (χ3v) is 5.25. The van der Waals surface area contributed by atoms with Gasteiger partial charge in [0.15, 0.2) is 0 Å². The Morgan fingerprint density at radius 2 is 1.96 bits per heavy atom.